The van der Waals surface area contributed by atoms with Crippen molar-refractivity contribution in [3.05, 3.63) is 81.8 Å². The maximum Gasteiger partial charge on any atom is 0.329 e. The van der Waals surface area contributed by atoms with Crippen LogP contribution in [-0.4, -0.2) is 37.7 Å². The minimum atomic E-state index is -0.963. The number of anilines is 2. The van der Waals surface area contributed by atoms with Crippen LogP contribution >= 0.6 is 27.5 Å². The average Bonchev–Trinajstić information content (AvgIpc) is 2.84. The summed E-state index contributed by atoms with van der Waals surface area (Å²) >= 11 is 9.27. The van der Waals surface area contributed by atoms with Crippen LogP contribution in [0.3, 0.4) is 0 Å². The van der Waals surface area contributed by atoms with Crippen molar-refractivity contribution in [1.82, 2.24) is 5.43 Å². The van der Waals surface area contributed by atoms with E-state index in [1.807, 2.05) is 0 Å². The number of amides is 3. The number of ether oxygens (including phenoxy) is 2. The summed E-state index contributed by atoms with van der Waals surface area (Å²) in [5.41, 5.74) is 3.58. The lowest BCUT2D eigenvalue weighted by Gasteiger charge is -2.10. The van der Waals surface area contributed by atoms with Crippen molar-refractivity contribution in [2.24, 2.45) is 5.10 Å². The lowest BCUT2D eigenvalue weighted by atomic mass is 10.2. The Morgan fingerprint density at radius 2 is 1.74 bits per heavy atom. The van der Waals surface area contributed by atoms with Gasteiger partial charge in [-0.25, -0.2) is 5.43 Å². The fourth-order valence-corrected chi connectivity index (χ4v) is 3.30. The fourth-order valence-electron chi connectivity index (χ4n) is 2.73. The van der Waals surface area contributed by atoms with E-state index in [9.17, 15) is 14.4 Å². The third-order valence-electron chi connectivity index (χ3n) is 4.36. The van der Waals surface area contributed by atoms with Gasteiger partial charge in [0.15, 0.2) is 6.61 Å². The highest BCUT2D eigenvalue weighted by atomic mass is 79.9. The summed E-state index contributed by atoms with van der Waals surface area (Å²) in [6.45, 7) is -0.272. The van der Waals surface area contributed by atoms with Gasteiger partial charge in [-0.2, -0.15) is 5.10 Å². The molecule has 3 aromatic carbocycles. The molecular weight excluding hydrogens is 540 g/mol. The smallest absolute Gasteiger partial charge is 0.329 e. The van der Waals surface area contributed by atoms with E-state index in [1.54, 1.807) is 66.7 Å². The molecule has 35 heavy (non-hydrogen) atoms. The number of nitrogens with one attached hydrogen (secondary N) is 3. The number of carbonyl (C=O) groups is 3. The molecule has 0 saturated carbocycles. The predicted octanol–water partition coefficient (Wildman–Crippen LogP) is 4.22. The van der Waals surface area contributed by atoms with E-state index in [0.717, 1.165) is 4.47 Å². The molecular formula is C24H20BrClN4O5. The van der Waals surface area contributed by atoms with Crippen LogP contribution in [0.25, 0.3) is 0 Å². The number of hydrogen-bond donors (Lipinski definition) is 3. The van der Waals surface area contributed by atoms with Crippen molar-refractivity contribution in [2.75, 3.05) is 24.4 Å². The molecule has 0 aliphatic rings. The largest absolute Gasteiger partial charge is 0.497 e. The van der Waals surface area contributed by atoms with Crippen molar-refractivity contribution in [3.63, 3.8) is 0 Å². The molecule has 0 radical (unpaired) electrons. The van der Waals surface area contributed by atoms with Crippen LogP contribution in [0.15, 0.2) is 76.3 Å². The molecule has 3 aromatic rings. The first kappa shape index (κ1) is 25.7. The number of methoxy groups -OCH3 is 1. The van der Waals surface area contributed by atoms with Gasteiger partial charge in [0.05, 0.1) is 13.3 Å². The number of hydrazone groups is 1. The van der Waals surface area contributed by atoms with Crippen molar-refractivity contribution >= 4 is 62.8 Å². The van der Waals surface area contributed by atoms with E-state index in [4.69, 9.17) is 21.1 Å². The van der Waals surface area contributed by atoms with Crippen LogP contribution in [-0.2, 0) is 14.4 Å². The lowest BCUT2D eigenvalue weighted by Crippen LogP contribution is -2.32. The van der Waals surface area contributed by atoms with Crippen LogP contribution in [0.2, 0.25) is 5.02 Å². The Morgan fingerprint density at radius 1 is 0.971 bits per heavy atom. The molecule has 0 heterocycles. The first-order valence-corrected chi connectivity index (χ1v) is 11.3. The van der Waals surface area contributed by atoms with Gasteiger partial charge < -0.3 is 20.1 Å². The molecule has 180 valence electrons. The number of halogens is 2. The zero-order chi connectivity index (χ0) is 25.2. The van der Waals surface area contributed by atoms with E-state index in [2.05, 4.69) is 37.1 Å². The van der Waals surface area contributed by atoms with Crippen LogP contribution in [0, 0.1) is 0 Å². The molecule has 3 rings (SSSR count). The highest BCUT2D eigenvalue weighted by Crippen LogP contribution is 2.22. The zero-order valence-electron chi connectivity index (χ0n) is 18.4. The van der Waals surface area contributed by atoms with Gasteiger partial charge in [0, 0.05) is 26.4 Å². The monoisotopic (exact) mass is 558 g/mol. The molecule has 0 bridgehead atoms. The summed E-state index contributed by atoms with van der Waals surface area (Å²) in [5, 5.41) is 9.45. The Kier molecular flexibility index (Phi) is 9.22. The van der Waals surface area contributed by atoms with Crippen LogP contribution in [0.4, 0.5) is 11.4 Å². The third kappa shape index (κ3) is 8.13. The summed E-state index contributed by atoms with van der Waals surface area (Å²) in [6.07, 6.45) is 1.30. The average molecular weight is 560 g/mol. The second-order valence-corrected chi connectivity index (χ2v) is 8.26. The van der Waals surface area contributed by atoms with Gasteiger partial charge in [-0.05, 0) is 60.7 Å². The summed E-state index contributed by atoms with van der Waals surface area (Å²) in [7, 11) is 1.52. The minimum absolute atomic E-state index is 0.272. The molecule has 9 nitrogen and oxygen atoms in total. The van der Waals surface area contributed by atoms with Gasteiger partial charge in [-0.1, -0.05) is 33.6 Å². The third-order valence-corrected chi connectivity index (χ3v) is 5.09. The number of nitrogens with zero attached hydrogens (tertiary/aromatic N) is 1. The molecule has 0 unspecified atom stereocenters. The molecule has 0 aliphatic heterocycles. The van der Waals surface area contributed by atoms with Crippen molar-refractivity contribution in [1.29, 1.82) is 0 Å². The lowest BCUT2D eigenvalue weighted by molar-refractivity contribution is -0.136. The first-order valence-electron chi connectivity index (χ1n) is 10.1. The standard InChI is InChI=1S/C24H20BrClN4O5/c1-34-20-8-6-18(7-9-20)29-23(32)24(33)30-27-13-15-11-16(25)5-10-21(15)35-14-22(31)28-19-4-2-3-17(26)12-19/h2-13H,14H2,1H3,(H,28,31)(H,29,32)(H,30,33)/b27-13-. The zero-order valence-corrected chi connectivity index (χ0v) is 20.7. The van der Waals surface area contributed by atoms with Crippen LogP contribution in [0.5, 0.6) is 11.5 Å². The molecule has 0 fully saturated rings. The van der Waals surface area contributed by atoms with Gasteiger partial charge in [-0.15, -0.1) is 0 Å². The highest BCUT2D eigenvalue weighted by molar-refractivity contribution is 9.10. The second-order valence-electron chi connectivity index (χ2n) is 6.91. The number of carbonyl (C=O) groups excluding carboxylic acids is 3. The van der Waals surface area contributed by atoms with E-state index in [1.165, 1.54) is 13.3 Å². The molecule has 0 saturated heterocycles. The topological polar surface area (TPSA) is 118 Å². The van der Waals surface area contributed by atoms with Gasteiger partial charge in [0.1, 0.15) is 11.5 Å². The van der Waals surface area contributed by atoms with Gasteiger partial charge >= 0.3 is 11.8 Å². The van der Waals surface area contributed by atoms with E-state index >= 15 is 0 Å². The van der Waals surface area contributed by atoms with Gasteiger partial charge in [0.2, 0.25) is 0 Å². The van der Waals surface area contributed by atoms with Crippen molar-refractivity contribution < 1.29 is 23.9 Å². The summed E-state index contributed by atoms with van der Waals surface area (Å²) in [4.78, 5) is 36.3. The molecule has 11 heteroatoms. The van der Waals surface area contributed by atoms with Gasteiger partial charge in [0.25, 0.3) is 5.91 Å². The number of rotatable bonds is 8. The maximum absolute atomic E-state index is 12.2. The Balaban J connectivity index is 1.56. The Hall–Kier alpha value is -3.89. The molecule has 0 spiro atoms. The number of benzene rings is 3. The van der Waals surface area contributed by atoms with E-state index in [0.29, 0.717) is 33.5 Å². The van der Waals surface area contributed by atoms with Crippen LogP contribution < -0.4 is 25.5 Å². The van der Waals surface area contributed by atoms with E-state index < -0.39 is 11.8 Å². The molecule has 0 atom stereocenters. The van der Waals surface area contributed by atoms with Gasteiger partial charge in [-0.3, -0.25) is 14.4 Å². The molecule has 0 aromatic heterocycles. The van der Waals surface area contributed by atoms with Crippen molar-refractivity contribution in [3.8, 4) is 11.5 Å². The maximum atomic E-state index is 12.2. The molecule has 3 N–H and O–H groups in total. The Morgan fingerprint density at radius 3 is 2.46 bits per heavy atom. The summed E-state index contributed by atoms with van der Waals surface area (Å²) in [5.74, 6) is -1.28. The predicted molar refractivity (Wildman–Crippen MR) is 137 cm³/mol. The van der Waals surface area contributed by atoms with Crippen LogP contribution in [0.1, 0.15) is 5.56 Å². The van der Waals surface area contributed by atoms with Crippen molar-refractivity contribution in [2.45, 2.75) is 0 Å². The SMILES string of the molecule is COc1ccc(NC(=O)C(=O)N/N=C\c2cc(Br)ccc2OCC(=O)Nc2cccc(Cl)c2)cc1. The summed E-state index contributed by atoms with van der Waals surface area (Å²) in [6, 6.07) is 18.3. The minimum Gasteiger partial charge on any atom is -0.497 e. The Bertz CT molecular complexity index is 1250. The first-order chi connectivity index (χ1) is 16.8. The quantitative estimate of drug-likeness (QED) is 0.217. The second kappa shape index (κ2) is 12.5. The fraction of sp³-hybridized carbons (Fsp3) is 0.0833. The molecule has 0 aliphatic carbocycles. The molecule has 3 amide bonds. The normalized spacial score (nSPS) is 10.5. The number of hydrogen-bond acceptors (Lipinski definition) is 6. The Labute approximate surface area is 214 Å². The summed E-state index contributed by atoms with van der Waals surface area (Å²) < 4.78 is 11.4. The highest BCUT2D eigenvalue weighted by Gasteiger charge is 2.13. The van der Waals surface area contributed by atoms with E-state index in [-0.39, 0.29) is 12.5 Å².